The molecule has 1 aromatic rings. The summed E-state index contributed by atoms with van der Waals surface area (Å²) in [7, 11) is 0. The maximum atomic E-state index is 13.2. The lowest BCUT2D eigenvalue weighted by Gasteiger charge is -2.27. The summed E-state index contributed by atoms with van der Waals surface area (Å²) in [6.07, 6.45) is 0.299. The molecule has 0 N–H and O–H groups in total. The van der Waals surface area contributed by atoms with Crippen LogP contribution in [-0.4, -0.2) is 35.3 Å². The Morgan fingerprint density at radius 2 is 2.00 bits per heavy atom. The third kappa shape index (κ3) is 4.89. The Kier molecular flexibility index (Phi) is 4.94. The van der Waals surface area contributed by atoms with Crippen LogP contribution in [0.2, 0.25) is 0 Å². The first-order valence-electron chi connectivity index (χ1n) is 7.64. The van der Waals surface area contributed by atoms with Crippen LogP contribution in [-0.2, 0) is 16.1 Å². The largest absolute Gasteiger partial charge is 0.444 e. The van der Waals surface area contributed by atoms with Crippen molar-refractivity contribution in [1.29, 1.82) is 0 Å². The molecule has 1 atom stereocenters. The molecule has 1 fully saturated rings. The van der Waals surface area contributed by atoms with Gasteiger partial charge in [-0.2, -0.15) is 0 Å². The van der Waals surface area contributed by atoms with Gasteiger partial charge in [-0.05, 0) is 51.8 Å². The molecule has 0 radical (unpaired) electrons. The summed E-state index contributed by atoms with van der Waals surface area (Å²) in [6, 6.07) is 3.69. The average Bonchev–Trinajstić information content (AvgIpc) is 2.82. The van der Waals surface area contributed by atoms with E-state index in [4.69, 9.17) is 9.47 Å². The van der Waals surface area contributed by atoms with Crippen molar-refractivity contribution < 1.29 is 23.0 Å². The van der Waals surface area contributed by atoms with Gasteiger partial charge in [-0.3, -0.25) is 0 Å². The number of amides is 1. The highest BCUT2D eigenvalue weighted by atomic mass is 19.2. The van der Waals surface area contributed by atoms with Gasteiger partial charge in [0.1, 0.15) is 5.60 Å². The Morgan fingerprint density at radius 1 is 1.30 bits per heavy atom. The molecule has 6 heteroatoms. The molecule has 0 aliphatic carbocycles. The molecule has 0 bridgehead atoms. The lowest BCUT2D eigenvalue weighted by molar-refractivity contribution is -0.0375. The third-order valence-corrected chi connectivity index (χ3v) is 3.66. The molecule has 0 saturated carbocycles. The van der Waals surface area contributed by atoms with Gasteiger partial charge in [0, 0.05) is 6.54 Å². The maximum absolute atomic E-state index is 13.2. The second-order valence-corrected chi connectivity index (χ2v) is 7.14. The minimum Gasteiger partial charge on any atom is -0.444 e. The fourth-order valence-corrected chi connectivity index (χ4v) is 2.42. The fourth-order valence-electron chi connectivity index (χ4n) is 2.42. The number of halogens is 2. The second kappa shape index (κ2) is 6.43. The monoisotopic (exact) mass is 327 g/mol. The first-order valence-corrected chi connectivity index (χ1v) is 7.64. The van der Waals surface area contributed by atoms with E-state index >= 15 is 0 Å². The van der Waals surface area contributed by atoms with Crippen LogP contribution in [0.1, 0.15) is 39.7 Å². The standard InChI is InChI=1S/C17H23F2NO3/c1-16(2,3)23-15(21)20-8-7-17(4,11-20)22-10-12-5-6-13(18)14(19)9-12/h5-6,9H,7-8,10-11H2,1-4H3. The van der Waals surface area contributed by atoms with E-state index < -0.39 is 22.8 Å². The predicted octanol–water partition coefficient (Wildman–Crippen LogP) is 3.88. The van der Waals surface area contributed by atoms with Crippen molar-refractivity contribution >= 4 is 6.09 Å². The van der Waals surface area contributed by atoms with Crippen molar-refractivity contribution in [1.82, 2.24) is 4.90 Å². The van der Waals surface area contributed by atoms with Crippen LogP contribution in [0.15, 0.2) is 18.2 Å². The van der Waals surface area contributed by atoms with E-state index in [1.54, 1.807) is 4.90 Å². The predicted molar refractivity (Wildman–Crippen MR) is 82.0 cm³/mol. The molecule has 1 heterocycles. The number of benzene rings is 1. The first-order chi connectivity index (χ1) is 10.6. The number of rotatable bonds is 3. The highest BCUT2D eigenvalue weighted by molar-refractivity contribution is 5.68. The van der Waals surface area contributed by atoms with Crippen molar-refractivity contribution in [3.05, 3.63) is 35.4 Å². The molecule has 1 unspecified atom stereocenters. The Morgan fingerprint density at radius 3 is 2.61 bits per heavy atom. The number of hydrogen-bond donors (Lipinski definition) is 0. The zero-order valence-corrected chi connectivity index (χ0v) is 14.0. The first kappa shape index (κ1) is 17.7. The van der Waals surface area contributed by atoms with Gasteiger partial charge in [-0.1, -0.05) is 6.07 Å². The van der Waals surface area contributed by atoms with Crippen molar-refractivity contribution in [2.45, 2.75) is 51.9 Å². The maximum Gasteiger partial charge on any atom is 0.410 e. The summed E-state index contributed by atoms with van der Waals surface area (Å²) in [5, 5.41) is 0. The van der Waals surface area contributed by atoms with Gasteiger partial charge >= 0.3 is 6.09 Å². The lowest BCUT2D eigenvalue weighted by Crippen LogP contribution is -2.39. The van der Waals surface area contributed by atoms with Crippen LogP contribution < -0.4 is 0 Å². The molecule has 0 spiro atoms. The van der Waals surface area contributed by atoms with E-state index in [0.29, 0.717) is 25.1 Å². The van der Waals surface area contributed by atoms with Gasteiger partial charge in [0.25, 0.3) is 0 Å². The summed E-state index contributed by atoms with van der Waals surface area (Å²) in [5.74, 6) is -1.77. The number of carbonyl (C=O) groups is 1. The summed E-state index contributed by atoms with van der Waals surface area (Å²) in [5.41, 5.74) is -0.509. The van der Waals surface area contributed by atoms with Gasteiger partial charge in [0.2, 0.25) is 0 Å². The molecule has 1 amide bonds. The molecule has 1 aromatic carbocycles. The minimum atomic E-state index is -0.891. The molecule has 1 aliphatic heterocycles. The van der Waals surface area contributed by atoms with E-state index in [1.807, 2.05) is 27.7 Å². The van der Waals surface area contributed by atoms with E-state index in [0.717, 1.165) is 12.1 Å². The molecule has 4 nitrogen and oxygen atoms in total. The molecule has 2 rings (SSSR count). The number of likely N-dealkylation sites (tertiary alicyclic amines) is 1. The van der Waals surface area contributed by atoms with Crippen LogP contribution in [0.3, 0.4) is 0 Å². The van der Waals surface area contributed by atoms with Crippen molar-refractivity contribution in [2.24, 2.45) is 0 Å². The Balaban J connectivity index is 1.91. The number of hydrogen-bond acceptors (Lipinski definition) is 3. The molecular weight excluding hydrogens is 304 g/mol. The molecule has 1 saturated heterocycles. The summed E-state index contributed by atoms with van der Waals surface area (Å²) in [6.45, 7) is 8.47. The van der Waals surface area contributed by atoms with Crippen molar-refractivity contribution in [3.63, 3.8) is 0 Å². The Bertz CT molecular complexity index is 586. The van der Waals surface area contributed by atoms with Gasteiger partial charge in [-0.15, -0.1) is 0 Å². The second-order valence-electron chi connectivity index (χ2n) is 7.14. The van der Waals surface area contributed by atoms with E-state index in [-0.39, 0.29) is 12.7 Å². The van der Waals surface area contributed by atoms with Gasteiger partial charge in [0.15, 0.2) is 11.6 Å². The highest BCUT2D eigenvalue weighted by Gasteiger charge is 2.38. The van der Waals surface area contributed by atoms with Gasteiger partial charge < -0.3 is 14.4 Å². The lowest BCUT2D eigenvalue weighted by atomic mass is 10.1. The summed E-state index contributed by atoms with van der Waals surface area (Å²) >= 11 is 0. The SMILES string of the molecule is CC(C)(C)OC(=O)N1CCC(C)(OCc2ccc(F)c(F)c2)C1. The molecule has 0 aromatic heterocycles. The molecule has 1 aliphatic rings. The molecular formula is C17H23F2NO3. The highest BCUT2D eigenvalue weighted by Crippen LogP contribution is 2.27. The third-order valence-electron chi connectivity index (χ3n) is 3.66. The van der Waals surface area contributed by atoms with Gasteiger partial charge in [0.05, 0.1) is 18.8 Å². The van der Waals surface area contributed by atoms with Crippen LogP contribution in [0.4, 0.5) is 13.6 Å². The average molecular weight is 327 g/mol. The van der Waals surface area contributed by atoms with Crippen LogP contribution in [0.5, 0.6) is 0 Å². The zero-order chi connectivity index (χ0) is 17.3. The van der Waals surface area contributed by atoms with E-state index in [1.165, 1.54) is 6.07 Å². The minimum absolute atomic E-state index is 0.163. The smallest absolute Gasteiger partial charge is 0.410 e. The van der Waals surface area contributed by atoms with Crippen LogP contribution >= 0.6 is 0 Å². The number of nitrogens with zero attached hydrogens (tertiary/aromatic N) is 1. The normalized spacial score (nSPS) is 21.6. The summed E-state index contributed by atoms with van der Waals surface area (Å²) in [4.78, 5) is 13.7. The Labute approximate surface area is 135 Å². The zero-order valence-electron chi connectivity index (χ0n) is 14.0. The number of ether oxygens (including phenoxy) is 2. The van der Waals surface area contributed by atoms with E-state index in [2.05, 4.69) is 0 Å². The van der Waals surface area contributed by atoms with Crippen LogP contribution in [0, 0.1) is 11.6 Å². The van der Waals surface area contributed by atoms with Gasteiger partial charge in [-0.25, -0.2) is 13.6 Å². The van der Waals surface area contributed by atoms with Crippen molar-refractivity contribution in [2.75, 3.05) is 13.1 Å². The van der Waals surface area contributed by atoms with Crippen LogP contribution in [0.25, 0.3) is 0 Å². The number of carbonyl (C=O) groups excluding carboxylic acids is 1. The fraction of sp³-hybridized carbons (Fsp3) is 0.588. The molecule has 128 valence electrons. The summed E-state index contributed by atoms with van der Waals surface area (Å²) < 4.78 is 37.3. The van der Waals surface area contributed by atoms with E-state index in [9.17, 15) is 13.6 Å². The van der Waals surface area contributed by atoms with Crippen molar-refractivity contribution in [3.8, 4) is 0 Å². The Hall–Kier alpha value is -1.69. The molecule has 23 heavy (non-hydrogen) atoms. The topological polar surface area (TPSA) is 38.8 Å². The quantitative estimate of drug-likeness (QED) is 0.846.